The van der Waals surface area contributed by atoms with Gasteiger partial charge in [-0.1, -0.05) is 0 Å². The Kier molecular flexibility index (Phi) is 4.08. The number of hydrogen-bond donors (Lipinski definition) is 1. The summed E-state index contributed by atoms with van der Waals surface area (Å²) in [5.41, 5.74) is 1.87. The van der Waals surface area contributed by atoms with Gasteiger partial charge in [0.1, 0.15) is 5.75 Å². The van der Waals surface area contributed by atoms with Crippen molar-refractivity contribution in [1.82, 2.24) is 9.88 Å². The van der Waals surface area contributed by atoms with Crippen LogP contribution in [-0.4, -0.2) is 30.0 Å². The number of benzene rings is 1. The quantitative estimate of drug-likeness (QED) is 0.927. The van der Waals surface area contributed by atoms with Crippen LogP contribution in [0.1, 0.15) is 24.2 Å². The average Bonchev–Trinajstić information content (AvgIpc) is 2.76. The number of carbonyl (C=O) groups is 2. The van der Waals surface area contributed by atoms with Crippen LogP contribution >= 0.6 is 0 Å². The van der Waals surface area contributed by atoms with Crippen LogP contribution in [0.5, 0.6) is 5.75 Å². The van der Waals surface area contributed by atoms with E-state index in [1.807, 2.05) is 24.4 Å². The van der Waals surface area contributed by atoms with Crippen LogP contribution in [-0.2, 0) is 11.2 Å². The molecule has 0 unspecified atom stereocenters. The zero-order valence-corrected chi connectivity index (χ0v) is 11.9. The van der Waals surface area contributed by atoms with Crippen molar-refractivity contribution in [2.75, 3.05) is 13.7 Å². The Balaban J connectivity index is 2.41. The molecule has 106 valence electrons. The largest absolute Gasteiger partial charge is 0.497 e. The summed E-state index contributed by atoms with van der Waals surface area (Å²) in [7, 11) is 1.61. The number of hydrogen-bond acceptors (Lipinski definition) is 3. The van der Waals surface area contributed by atoms with E-state index in [2.05, 4.69) is 5.32 Å². The summed E-state index contributed by atoms with van der Waals surface area (Å²) < 4.78 is 6.85. The van der Waals surface area contributed by atoms with Gasteiger partial charge in [-0.2, -0.15) is 0 Å². The van der Waals surface area contributed by atoms with Gasteiger partial charge in [0.15, 0.2) is 0 Å². The van der Waals surface area contributed by atoms with E-state index in [1.54, 1.807) is 11.7 Å². The minimum Gasteiger partial charge on any atom is -0.497 e. The van der Waals surface area contributed by atoms with Gasteiger partial charge in [0.2, 0.25) is 11.8 Å². The maximum atomic E-state index is 11.7. The van der Waals surface area contributed by atoms with Crippen LogP contribution < -0.4 is 10.1 Å². The highest BCUT2D eigenvalue weighted by molar-refractivity contribution is 5.94. The van der Waals surface area contributed by atoms with Crippen molar-refractivity contribution in [3.05, 3.63) is 30.0 Å². The predicted molar refractivity (Wildman–Crippen MR) is 77.2 cm³/mol. The predicted octanol–water partition coefficient (Wildman–Crippen LogP) is 1.99. The fourth-order valence-corrected chi connectivity index (χ4v) is 2.24. The van der Waals surface area contributed by atoms with Gasteiger partial charge in [-0.25, -0.2) is 0 Å². The van der Waals surface area contributed by atoms with Crippen LogP contribution in [0.25, 0.3) is 10.9 Å². The second-order valence-electron chi connectivity index (χ2n) is 4.66. The van der Waals surface area contributed by atoms with E-state index < -0.39 is 0 Å². The Hall–Kier alpha value is -2.30. The number of nitrogens with zero attached hydrogens (tertiary/aromatic N) is 1. The molecule has 1 N–H and O–H groups in total. The first-order chi connectivity index (χ1) is 9.52. The number of ether oxygens (including phenoxy) is 1. The Bertz CT molecular complexity index is 658. The number of fused-ring (bicyclic) bond motifs is 1. The van der Waals surface area contributed by atoms with Crippen LogP contribution in [0.15, 0.2) is 24.4 Å². The van der Waals surface area contributed by atoms with Crippen molar-refractivity contribution in [3.63, 3.8) is 0 Å². The summed E-state index contributed by atoms with van der Waals surface area (Å²) in [6, 6.07) is 5.62. The maximum absolute atomic E-state index is 11.7. The number of carbonyl (C=O) groups excluding carboxylic acids is 2. The molecule has 0 radical (unpaired) electrons. The number of rotatable bonds is 4. The number of aromatic nitrogens is 1. The summed E-state index contributed by atoms with van der Waals surface area (Å²) in [5.74, 6) is 0.656. The molecule has 0 saturated carbocycles. The molecule has 2 aromatic rings. The lowest BCUT2D eigenvalue weighted by Gasteiger charge is -2.03. The lowest BCUT2D eigenvalue weighted by atomic mass is 10.1. The second kappa shape index (κ2) is 5.77. The molecule has 2 rings (SSSR count). The summed E-state index contributed by atoms with van der Waals surface area (Å²) in [5, 5.41) is 3.74. The van der Waals surface area contributed by atoms with E-state index in [0.717, 1.165) is 22.2 Å². The van der Waals surface area contributed by atoms with E-state index in [-0.39, 0.29) is 11.8 Å². The van der Waals surface area contributed by atoms with Crippen LogP contribution in [0.2, 0.25) is 0 Å². The zero-order chi connectivity index (χ0) is 14.7. The normalized spacial score (nSPS) is 10.6. The first-order valence-corrected chi connectivity index (χ1v) is 6.46. The third kappa shape index (κ3) is 2.82. The summed E-state index contributed by atoms with van der Waals surface area (Å²) in [6.07, 6.45) is 2.50. The van der Waals surface area contributed by atoms with Crippen molar-refractivity contribution in [3.8, 4) is 5.75 Å². The van der Waals surface area contributed by atoms with Crippen molar-refractivity contribution in [2.24, 2.45) is 0 Å². The highest BCUT2D eigenvalue weighted by atomic mass is 16.5. The van der Waals surface area contributed by atoms with Gasteiger partial charge in [-0.05, 0) is 30.2 Å². The molecule has 5 heteroatoms. The molecule has 20 heavy (non-hydrogen) atoms. The van der Waals surface area contributed by atoms with Crippen molar-refractivity contribution in [2.45, 2.75) is 20.3 Å². The zero-order valence-electron chi connectivity index (χ0n) is 11.9. The number of nitrogens with one attached hydrogen (secondary N) is 1. The van der Waals surface area contributed by atoms with Crippen LogP contribution in [0.4, 0.5) is 0 Å². The molecule has 5 nitrogen and oxygen atoms in total. The highest BCUT2D eigenvalue weighted by Gasteiger charge is 2.12. The first kappa shape index (κ1) is 14.1. The Labute approximate surface area is 117 Å². The van der Waals surface area contributed by atoms with Gasteiger partial charge in [-0.15, -0.1) is 0 Å². The molecular formula is C15H18N2O3. The van der Waals surface area contributed by atoms with Gasteiger partial charge in [-0.3, -0.25) is 14.2 Å². The van der Waals surface area contributed by atoms with Crippen LogP contribution in [0.3, 0.4) is 0 Å². The highest BCUT2D eigenvalue weighted by Crippen LogP contribution is 2.26. The van der Waals surface area contributed by atoms with Gasteiger partial charge in [0.05, 0.1) is 12.6 Å². The molecule has 0 spiro atoms. The van der Waals surface area contributed by atoms with Crippen molar-refractivity contribution < 1.29 is 14.3 Å². The summed E-state index contributed by atoms with van der Waals surface area (Å²) >= 11 is 0. The minimum absolute atomic E-state index is 0.0362. The standard InChI is InChI=1S/C15H18N2O3/c1-10(18)16-7-6-12-9-17(11(2)19)15-5-4-13(20-3)8-14(12)15/h4-5,8-9H,6-7H2,1-3H3,(H,16,18). The van der Waals surface area contributed by atoms with Gasteiger partial charge in [0.25, 0.3) is 0 Å². The average molecular weight is 274 g/mol. The fraction of sp³-hybridized carbons (Fsp3) is 0.333. The molecular weight excluding hydrogens is 256 g/mol. The fourth-order valence-electron chi connectivity index (χ4n) is 2.24. The Morgan fingerprint density at radius 3 is 2.65 bits per heavy atom. The van der Waals surface area contributed by atoms with E-state index in [4.69, 9.17) is 4.74 Å². The lowest BCUT2D eigenvalue weighted by Crippen LogP contribution is -2.22. The monoisotopic (exact) mass is 274 g/mol. The maximum Gasteiger partial charge on any atom is 0.227 e. The molecule has 0 aliphatic heterocycles. The smallest absolute Gasteiger partial charge is 0.227 e. The van der Waals surface area contributed by atoms with E-state index in [1.165, 1.54) is 13.8 Å². The molecule has 0 bridgehead atoms. The van der Waals surface area contributed by atoms with E-state index in [9.17, 15) is 9.59 Å². The van der Waals surface area contributed by atoms with Gasteiger partial charge >= 0.3 is 0 Å². The summed E-state index contributed by atoms with van der Waals surface area (Å²) in [6.45, 7) is 3.56. The van der Waals surface area contributed by atoms with Crippen molar-refractivity contribution >= 4 is 22.7 Å². The molecule has 0 aliphatic rings. The van der Waals surface area contributed by atoms with E-state index >= 15 is 0 Å². The van der Waals surface area contributed by atoms with E-state index in [0.29, 0.717) is 13.0 Å². The molecule has 1 aromatic heterocycles. The lowest BCUT2D eigenvalue weighted by molar-refractivity contribution is -0.118. The van der Waals surface area contributed by atoms with Crippen LogP contribution in [0, 0.1) is 0 Å². The van der Waals surface area contributed by atoms with Gasteiger partial charge in [0, 0.05) is 32.0 Å². The molecule has 0 aliphatic carbocycles. The Morgan fingerprint density at radius 2 is 2.05 bits per heavy atom. The molecule has 0 atom stereocenters. The second-order valence-corrected chi connectivity index (χ2v) is 4.66. The summed E-state index contributed by atoms with van der Waals surface area (Å²) in [4.78, 5) is 22.6. The third-order valence-corrected chi connectivity index (χ3v) is 3.20. The molecule has 1 aromatic carbocycles. The Morgan fingerprint density at radius 1 is 1.30 bits per heavy atom. The number of amides is 1. The topological polar surface area (TPSA) is 60.3 Å². The van der Waals surface area contributed by atoms with Gasteiger partial charge < -0.3 is 10.1 Å². The molecule has 0 fully saturated rings. The first-order valence-electron chi connectivity index (χ1n) is 6.46. The minimum atomic E-state index is -0.0575. The SMILES string of the molecule is COc1ccc2c(c1)c(CCNC(C)=O)cn2C(C)=O. The number of methoxy groups -OCH3 is 1. The molecule has 1 amide bonds. The molecule has 1 heterocycles. The molecule has 0 saturated heterocycles. The third-order valence-electron chi connectivity index (χ3n) is 3.20. The van der Waals surface area contributed by atoms with Crippen molar-refractivity contribution in [1.29, 1.82) is 0 Å².